The molecule has 0 saturated heterocycles. The van der Waals surface area contributed by atoms with Crippen LogP contribution in [0.1, 0.15) is 30.4 Å². The van der Waals surface area contributed by atoms with E-state index in [2.05, 4.69) is 73.4 Å². The third-order valence-electron chi connectivity index (χ3n) is 3.28. The zero-order valence-corrected chi connectivity index (χ0v) is 13.2. The zero-order valence-electron chi connectivity index (χ0n) is 11.0. The molecule has 0 radical (unpaired) electrons. The van der Waals surface area contributed by atoms with Crippen LogP contribution in [0.4, 0.5) is 0 Å². The second-order valence-electron chi connectivity index (χ2n) is 4.72. The van der Waals surface area contributed by atoms with E-state index >= 15 is 0 Å². The summed E-state index contributed by atoms with van der Waals surface area (Å²) in [5.41, 5.74) is 2.86. The van der Waals surface area contributed by atoms with E-state index in [0.717, 1.165) is 6.42 Å². The fourth-order valence-corrected chi connectivity index (χ4v) is 2.04. The molecule has 0 bridgehead atoms. The smallest absolute Gasteiger partial charge is 0.168 e. The number of nitrogens with zero attached hydrogens (tertiary/aromatic N) is 1. The van der Waals surface area contributed by atoms with Crippen molar-refractivity contribution in [2.75, 3.05) is 0 Å². The van der Waals surface area contributed by atoms with Crippen LogP contribution in [-0.4, -0.2) is 0 Å². The first-order chi connectivity index (χ1) is 8.25. The van der Waals surface area contributed by atoms with Crippen molar-refractivity contribution in [1.29, 1.82) is 0 Å². The summed E-state index contributed by atoms with van der Waals surface area (Å²) >= 11 is 0. The molecule has 1 nitrogen and oxygen atoms in total. The minimum atomic E-state index is 0. The summed E-state index contributed by atoms with van der Waals surface area (Å²) in [4.78, 5) is 0. The van der Waals surface area contributed by atoms with Gasteiger partial charge in [0.15, 0.2) is 12.4 Å². The zero-order chi connectivity index (χ0) is 12.1. The first-order valence-electron chi connectivity index (χ1n) is 6.25. The van der Waals surface area contributed by atoms with Gasteiger partial charge in [-0.05, 0) is 29.9 Å². The van der Waals surface area contributed by atoms with Gasteiger partial charge in [-0.3, -0.25) is 0 Å². The molecule has 1 atom stereocenters. The Labute approximate surface area is 127 Å². The molecule has 0 amide bonds. The van der Waals surface area contributed by atoms with Crippen molar-refractivity contribution >= 4 is 0 Å². The number of hydrogen-bond donors (Lipinski definition) is 0. The Balaban J connectivity index is 0.00000162. The highest BCUT2D eigenvalue weighted by Gasteiger charge is 2.06. The van der Waals surface area contributed by atoms with Crippen molar-refractivity contribution in [3.05, 3.63) is 66.0 Å². The van der Waals surface area contributed by atoms with Crippen LogP contribution in [-0.2, 0) is 13.5 Å². The van der Waals surface area contributed by atoms with Crippen molar-refractivity contribution in [3.63, 3.8) is 0 Å². The predicted octanol–water partition coefficient (Wildman–Crippen LogP) is 0.251. The number of benzene rings is 1. The molecule has 0 N–H and O–H groups in total. The summed E-state index contributed by atoms with van der Waals surface area (Å²) in [6.45, 7) is 2.30. The summed E-state index contributed by atoms with van der Waals surface area (Å²) in [6, 6.07) is 15.1. The van der Waals surface area contributed by atoms with Crippen LogP contribution in [0.2, 0.25) is 0 Å². The quantitative estimate of drug-likeness (QED) is 0.548. The number of aryl methyl sites for hydroxylation is 2. The molecule has 96 valence electrons. The molecule has 0 aliphatic carbocycles. The average molecular weight is 353 g/mol. The summed E-state index contributed by atoms with van der Waals surface area (Å²) in [5.74, 6) is 0.622. The molecule has 2 rings (SSSR count). The van der Waals surface area contributed by atoms with Gasteiger partial charge >= 0.3 is 0 Å². The second-order valence-corrected chi connectivity index (χ2v) is 4.72. The topological polar surface area (TPSA) is 3.88 Å². The third-order valence-corrected chi connectivity index (χ3v) is 3.28. The highest BCUT2D eigenvalue weighted by molar-refractivity contribution is 5.17. The molecular formula is C16H20IN. The van der Waals surface area contributed by atoms with Gasteiger partial charge in [-0.25, -0.2) is 4.57 Å². The van der Waals surface area contributed by atoms with E-state index in [1.54, 1.807) is 0 Å². The Morgan fingerprint density at radius 2 is 1.61 bits per heavy atom. The maximum Gasteiger partial charge on any atom is 0.168 e. The maximum absolute atomic E-state index is 2.30. The predicted molar refractivity (Wildman–Crippen MR) is 70.8 cm³/mol. The Kier molecular flexibility index (Phi) is 6.33. The van der Waals surface area contributed by atoms with Crippen molar-refractivity contribution in [1.82, 2.24) is 0 Å². The molecule has 0 saturated carbocycles. The monoisotopic (exact) mass is 353 g/mol. The molecule has 18 heavy (non-hydrogen) atoms. The molecule has 1 unspecified atom stereocenters. The summed E-state index contributed by atoms with van der Waals surface area (Å²) in [5, 5.41) is 0. The molecule has 2 heteroatoms. The van der Waals surface area contributed by atoms with E-state index in [9.17, 15) is 0 Å². The molecule has 0 spiro atoms. The summed E-state index contributed by atoms with van der Waals surface area (Å²) < 4.78 is 2.08. The largest absolute Gasteiger partial charge is 1.00 e. The van der Waals surface area contributed by atoms with Crippen LogP contribution < -0.4 is 28.5 Å². The first kappa shape index (κ1) is 15.2. The molecule has 0 aliphatic rings. The van der Waals surface area contributed by atoms with Crippen LogP contribution in [0.3, 0.4) is 0 Å². The van der Waals surface area contributed by atoms with Crippen LogP contribution in [0.5, 0.6) is 0 Å². The van der Waals surface area contributed by atoms with E-state index in [1.807, 2.05) is 0 Å². The highest BCUT2D eigenvalue weighted by Crippen LogP contribution is 2.19. The first-order valence-corrected chi connectivity index (χ1v) is 6.25. The van der Waals surface area contributed by atoms with E-state index in [0.29, 0.717) is 5.92 Å². The van der Waals surface area contributed by atoms with Gasteiger partial charge in [0, 0.05) is 12.1 Å². The van der Waals surface area contributed by atoms with Crippen molar-refractivity contribution in [2.45, 2.75) is 25.7 Å². The highest BCUT2D eigenvalue weighted by atomic mass is 127. The van der Waals surface area contributed by atoms with E-state index in [1.165, 1.54) is 17.5 Å². The lowest BCUT2D eigenvalue weighted by molar-refractivity contribution is -0.671. The minimum Gasteiger partial charge on any atom is -1.00 e. The van der Waals surface area contributed by atoms with Gasteiger partial charge in [0.05, 0.1) is 0 Å². The number of hydrogen-bond acceptors (Lipinski definition) is 0. The van der Waals surface area contributed by atoms with Crippen molar-refractivity contribution in [2.24, 2.45) is 7.05 Å². The molecule has 0 fully saturated rings. The average Bonchev–Trinajstić information content (AvgIpc) is 2.38. The second kappa shape index (κ2) is 7.52. The normalized spacial score (nSPS) is 11.7. The van der Waals surface area contributed by atoms with Gasteiger partial charge in [-0.1, -0.05) is 37.3 Å². The fraction of sp³-hybridized carbons (Fsp3) is 0.312. The fourth-order valence-electron chi connectivity index (χ4n) is 2.04. The van der Waals surface area contributed by atoms with Crippen LogP contribution in [0.25, 0.3) is 0 Å². The van der Waals surface area contributed by atoms with Gasteiger partial charge in [0.2, 0.25) is 0 Å². The van der Waals surface area contributed by atoms with Crippen LogP contribution in [0.15, 0.2) is 54.9 Å². The van der Waals surface area contributed by atoms with Gasteiger partial charge in [-0.2, -0.15) is 0 Å². The Morgan fingerprint density at radius 3 is 2.22 bits per heavy atom. The lowest BCUT2D eigenvalue weighted by atomic mass is 9.95. The van der Waals surface area contributed by atoms with Gasteiger partial charge in [-0.15, -0.1) is 0 Å². The van der Waals surface area contributed by atoms with Gasteiger partial charge in [0.1, 0.15) is 7.05 Å². The van der Waals surface area contributed by atoms with Gasteiger partial charge in [0.25, 0.3) is 0 Å². The molecule has 1 aromatic heterocycles. The SMILES string of the molecule is CC(CCc1ccccc1)c1cc[n+](C)cc1.[I-]. The summed E-state index contributed by atoms with van der Waals surface area (Å²) in [7, 11) is 2.05. The van der Waals surface area contributed by atoms with E-state index < -0.39 is 0 Å². The van der Waals surface area contributed by atoms with E-state index in [-0.39, 0.29) is 24.0 Å². The molecule has 2 aromatic rings. The van der Waals surface area contributed by atoms with Crippen molar-refractivity contribution < 1.29 is 28.5 Å². The Morgan fingerprint density at radius 1 is 1.00 bits per heavy atom. The Bertz CT molecular complexity index is 450. The van der Waals surface area contributed by atoms with Gasteiger partial charge < -0.3 is 24.0 Å². The molecule has 0 aliphatic heterocycles. The maximum atomic E-state index is 2.30. The number of rotatable bonds is 4. The number of aromatic nitrogens is 1. The number of halogens is 1. The lowest BCUT2D eigenvalue weighted by Gasteiger charge is -2.10. The van der Waals surface area contributed by atoms with Crippen LogP contribution in [0, 0.1) is 0 Å². The summed E-state index contributed by atoms with van der Waals surface area (Å²) in [6.07, 6.45) is 6.60. The standard InChI is InChI=1S/C16H20N.HI/c1-14(16-10-12-17(2)13-11-16)8-9-15-6-4-3-5-7-15;/h3-7,10-14H,8-9H2,1-2H3;1H/q+1;/p-1. The third kappa shape index (κ3) is 4.41. The molecule has 1 aromatic carbocycles. The number of pyridine rings is 1. The Hall–Kier alpha value is -0.900. The van der Waals surface area contributed by atoms with E-state index in [4.69, 9.17) is 0 Å². The minimum absolute atomic E-state index is 0. The molecular weight excluding hydrogens is 333 g/mol. The molecule has 1 heterocycles. The lowest BCUT2D eigenvalue weighted by Crippen LogP contribution is -3.00. The van der Waals surface area contributed by atoms with Crippen molar-refractivity contribution in [3.8, 4) is 0 Å². The van der Waals surface area contributed by atoms with Crippen LogP contribution >= 0.6 is 0 Å².